The minimum atomic E-state index is -2.90. The Morgan fingerprint density at radius 1 is 1.67 bits per heavy atom. The maximum atomic E-state index is 10.9. The van der Waals surface area contributed by atoms with Gasteiger partial charge in [0.05, 0.1) is 6.61 Å². The topological polar surface area (TPSA) is 43.4 Å². The van der Waals surface area contributed by atoms with Gasteiger partial charge in [-0.3, -0.25) is 9.36 Å². The average Bonchev–Trinajstić information content (AvgIpc) is 1.65. The van der Waals surface area contributed by atoms with Crippen molar-refractivity contribution < 1.29 is 13.9 Å². The zero-order valence-corrected chi connectivity index (χ0v) is 6.77. The summed E-state index contributed by atoms with van der Waals surface area (Å²) in [4.78, 5) is 10.5. The molecule has 4 heteroatoms. The highest BCUT2D eigenvalue weighted by Gasteiger charge is 2.20. The second-order valence-corrected chi connectivity index (χ2v) is 4.36. The molecule has 0 aromatic carbocycles. The van der Waals surface area contributed by atoms with Gasteiger partial charge in [0.25, 0.3) is 7.37 Å². The molecule has 54 valence electrons. The highest BCUT2D eigenvalue weighted by Crippen LogP contribution is 2.42. The zero-order valence-electron chi connectivity index (χ0n) is 5.88. The molecule has 0 amide bonds. The van der Waals surface area contributed by atoms with Crippen LogP contribution in [0.3, 0.4) is 0 Å². The Kier molecular flexibility index (Phi) is 3.09. The predicted molar refractivity (Wildman–Crippen MR) is 35.8 cm³/mol. The molecule has 0 saturated carbocycles. The summed E-state index contributed by atoms with van der Waals surface area (Å²) in [6.07, 6.45) is 0. The molecule has 1 unspecified atom stereocenters. The first-order chi connectivity index (χ1) is 4.00. The van der Waals surface area contributed by atoms with E-state index in [9.17, 15) is 9.36 Å². The minimum Gasteiger partial charge on any atom is -0.324 e. The van der Waals surface area contributed by atoms with Crippen molar-refractivity contribution >= 4 is 12.9 Å². The van der Waals surface area contributed by atoms with Gasteiger partial charge in [-0.2, -0.15) is 0 Å². The van der Waals surface area contributed by atoms with Crippen LogP contribution in [-0.4, -0.2) is 18.8 Å². The lowest BCUT2D eigenvalue weighted by Gasteiger charge is -2.06. The van der Waals surface area contributed by atoms with Crippen LogP contribution < -0.4 is 0 Å². The highest BCUT2D eigenvalue weighted by atomic mass is 31.2. The molecule has 0 aliphatic carbocycles. The monoisotopic (exact) mass is 150 g/mol. The normalized spacial score (nSPS) is 16.8. The molecule has 0 fully saturated rings. The van der Waals surface area contributed by atoms with E-state index in [1.165, 1.54) is 13.6 Å². The molecule has 1 atom stereocenters. The SMILES string of the molecule is CCOP(C)(=O)C(C)=O. The van der Waals surface area contributed by atoms with Gasteiger partial charge >= 0.3 is 0 Å². The summed E-state index contributed by atoms with van der Waals surface area (Å²) in [6, 6.07) is 0. The molecular weight excluding hydrogens is 139 g/mol. The van der Waals surface area contributed by atoms with E-state index in [4.69, 9.17) is 4.52 Å². The lowest BCUT2D eigenvalue weighted by Crippen LogP contribution is -1.96. The van der Waals surface area contributed by atoms with Gasteiger partial charge in [-0.25, -0.2) is 0 Å². The Hall–Kier alpha value is -0.140. The fourth-order valence-electron chi connectivity index (χ4n) is 0.337. The predicted octanol–water partition coefficient (Wildman–Crippen LogP) is 1.48. The molecule has 0 aromatic rings. The third-order valence-electron chi connectivity index (χ3n) is 0.947. The molecule has 0 spiro atoms. The molecule has 3 nitrogen and oxygen atoms in total. The number of hydrogen-bond donors (Lipinski definition) is 0. The van der Waals surface area contributed by atoms with E-state index in [1.54, 1.807) is 6.92 Å². The van der Waals surface area contributed by atoms with E-state index in [0.717, 1.165) is 0 Å². The lowest BCUT2D eigenvalue weighted by atomic mass is 10.9. The van der Waals surface area contributed by atoms with Crippen LogP contribution in [0.1, 0.15) is 13.8 Å². The Morgan fingerprint density at radius 3 is 2.22 bits per heavy atom. The van der Waals surface area contributed by atoms with E-state index < -0.39 is 7.37 Å². The molecule has 0 saturated heterocycles. The van der Waals surface area contributed by atoms with Gasteiger partial charge in [-0.05, 0) is 6.92 Å². The third kappa shape index (κ3) is 2.78. The van der Waals surface area contributed by atoms with E-state index in [1.807, 2.05) is 0 Å². The van der Waals surface area contributed by atoms with Gasteiger partial charge in [0.1, 0.15) is 0 Å². The number of rotatable bonds is 3. The third-order valence-corrected chi connectivity index (χ3v) is 2.84. The Bertz CT molecular complexity index is 152. The second-order valence-electron chi connectivity index (χ2n) is 1.78. The average molecular weight is 150 g/mol. The van der Waals surface area contributed by atoms with Crippen molar-refractivity contribution in [1.82, 2.24) is 0 Å². The van der Waals surface area contributed by atoms with Crippen LogP contribution >= 0.6 is 7.37 Å². The summed E-state index contributed by atoms with van der Waals surface area (Å²) in [5.74, 6) is 0. The molecule has 0 aliphatic rings. The maximum Gasteiger partial charge on any atom is 0.263 e. The van der Waals surface area contributed by atoms with E-state index in [-0.39, 0.29) is 5.52 Å². The van der Waals surface area contributed by atoms with Gasteiger partial charge in [-0.15, -0.1) is 0 Å². The van der Waals surface area contributed by atoms with Gasteiger partial charge in [0.15, 0.2) is 0 Å². The molecule has 9 heavy (non-hydrogen) atoms. The van der Waals surface area contributed by atoms with E-state index in [0.29, 0.717) is 6.61 Å². The molecule has 0 radical (unpaired) electrons. The minimum absolute atomic E-state index is 0.327. The van der Waals surface area contributed by atoms with Crippen LogP contribution in [-0.2, 0) is 13.9 Å². The summed E-state index contributed by atoms with van der Waals surface area (Å²) < 4.78 is 15.6. The maximum absolute atomic E-state index is 10.9. The van der Waals surface area contributed by atoms with Crippen molar-refractivity contribution in [2.24, 2.45) is 0 Å². The van der Waals surface area contributed by atoms with E-state index >= 15 is 0 Å². The number of carbonyl (C=O) groups is 1. The summed E-state index contributed by atoms with van der Waals surface area (Å²) in [7, 11) is -2.90. The fraction of sp³-hybridized carbons (Fsp3) is 0.800. The Labute approximate surface area is 54.9 Å². The van der Waals surface area contributed by atoms with Crippen LogP contribution in [0.5, 0.6) is 0 Å². The molecule has 0 bridgehead atoms. The first-order valence-electron chi connectivity index (χ1n) is 2.74. The molecule has 0 heterocycles. The highest BCUT2D eigenvalue weighted by molar-refractivity contribution is 7.75. The second kappa shape index (κ2) is 3.14. The first-order valence-corrected chi connectivity index (χ1v) is 4.81. The van der Waals surface area contributed by atoms with Crippen LogP contribution in [0.2, 0.25) is 0 Å². The Balaban J connectivity index is 4.04. The number of carbonyl (C=O) groups excluding carboxylic acids is 1. The lowest BCUT2D eigenvalue weighted by molar-refractivity contribution is -0.110. The van der Waals surface area contributed by atoms with Crippen molar-refractivity contribution in [3.8, 4) is 0 Å². The van der Waals surface area contributed by atoms with Crippen LogP contribution in [0, 0.1) is 0 Å². The largest absolute Gasteiger partial charge is 0.324 e. The summed E-state index contributed by atoms with van der Waals surface area (Å²) in [6.45, 7) is 4.64. The summed E-state index contributed by atoms with van der Waals surface area (Å²) in [5.41, 5.74) is -0.371. The molecule has 0 N–H and O–H groups in total. The van der Waals surface area contributed by atoms with Gasteiger partial charge in [-0.1, -0.05) is 0 Å². The van der Waals surface area contributed by atoms with E-state index in [2.05, 4.69) is 0 Å². The smallest absolute Gasteiger partial charge is 0.263 e. The molecule has 0 rings (SSSR count). The standard InChI is InChI=1S/C5H11O3P/c1-4-8-9(3,7)5(2)6/h4H2,1-3H3. The van der Waals surface area contributed by atoms with Gasteiger partial charge < -0.3 is 4.52 Å². The number of hydrogen-bond acceptors (Lipinski definition) is 3. The molecule has 0 aliphatic heterocycles. The van der Waals surface area contributed by atoms with Crippen molar-refractivity contribution in [3.05, 3.63) is 0 Å². The van der Waals surface area contributed by atoms with Gasteiger partial charge in [0, 0.05) is 13.6 Å². The Morgan fingerprint density at radius 2 is 2.11 bits per heavy atom. The van der Waals surface area contributed by atoms with Crippen molar-refractivity contribution in [2.75, 3.05) is 13.3 Å². The van der Waals surface area contributed by atoms with Crippen LogP contribution in [0.4, 0.5) is 0 Å². The summed E-state index contributed by atoms with van der Waals surface area (Å²) >= 11 is 0. The summed E-state index contributed by atoms with van der Waals surface area (Å²) in [5, 5.41) is 0. The molecule has 0 aromatic heterocycles. The van der Waals surface area contributed by atoms with Crippen molar-refractivity contribution in [1.29, 1.82) is 0 Å². The van der Waals surface area contributed by atoms with Crippen LogP contribution in [0.25, 0.3) is 0 Å². The van der Waals surface area contributed by atoms with Crippen molar-refractivity contribution in [2.45, 2.75) is 13.8 Å². The molecular formula is C5H11O3P. The van der Waals surface area contributed by atoms with Crippen molar-refractivity contribution in [3.63, 3.8) is 0 Å². The van der Waals surface area contributed by atoms with Crippen LogP contribution in [0.15, 0.2) is 0 Å². The zero-order chi connectivity index (χ0) is 7.49. The fourth-order valence-corrected chi connectivity index (χ4v) is 1.01. The quantitative estimate of drug-likeness (QED) is 0.572. The van der Waals surface area contributed by atoms with Gasteiger partial charge in [0.2, 0.25) is 5.52 Å². The first kappa shape index (κ1) is 8.86.